The quantitative estimate of drug-likeness (QED) is 0.534. The van der Waals surface area contributed by atoms with Crippen LogP contribution in [0.2, 0.25) is 0 Å². The van der Waals surface area contributed by atoms with E-state index in [1.54, 1.807) is 26.8 Å². The molecule has 3 aromatic rings. The third kappa shape index (κ3) is 3.36. The maximum Gasteiger partial charge on any atom is 0.280 e. The Bertz CT molecular complexity index is 1100. The largest absolute Gasteiger partial charge is 0.370 e. The molecule has 0 radical (unpaired) electrons. The second-order valence-electron chi connectivity index (χ2n) is 6.37. The molecule has 1 aromatic heterocycles. The molecule has 0 bridgehead atoms. The molecular formula is C20H18F2N4O. The molecule has 2 aromatic carbocycles. The molecule has 5 nitrogen and oxygen atoms in total. The maximum atomic E-state index is 14.7. The van der Waals surface area contributed by atoms with Crippen LogP contribution in [0.3, 0.4) is 0 Å². The average molecular weight is 368 g/mol. The second kappa shape index (κ2) is 6.75. The Balaban J connectivity index is 2.39. The number of aryl methyl sites for hydroxylation is 2. The van der Waals surface area contributed by atoms with Crippen molar-refractivity contribution in [1.82, 2.24) is 4.98 Å². The van der Waals surface area contributed by atoms with E-state index in [0.29, 0.717) is 33.3 Å². The molecule has 138 valence electrons. The molecule has 0 saturated heterocycles. The van der Waals surface area contributed by atoms with Crippen molar-refractivity contribution < 1.29 is 13.6 Å². The van der Waals surface area contributed by atoms with Gasteiger partial charge in [0.05, 0.1) is 11.1 Å². The fourth-order valence-electron chi connectivity index (χ4n) is 3.06. The second-order valence-corrected chi connectivity index (χ2v) is 6.37. The number of hydrogen-bond donors (Lipinski definition) is 2. The maximum absolute atomic E-state index is 14.7. The Hall–Kier alpha value is -3.35. The third-order valence-electron chi connectivity index (χ3n) is 4.39. The molecular weight excluding hydrogens is 350 g/mol. The Morgan fingerprint density at radius 1 is 1.00 bits per heavy atom. The summed E-state index contributed by atoms with van der Waals surface area (Å²) in [5, 5.41) is 0.441. The van der Waals surface area contributed by atoms with Gasteiger partial charge in [-0.25, -0.2) is 8.78 Å². The Morgan fingerprint density at radius 2 is 1.63 bits per heavy atom. The number of aromatic nitrogens is 1. The van der Waals surface area contributed by atoms with Gasteiger partial charge in [-0.15, -0.1) is 0 Å². The smallest absolute Gasteiger partial charge is 0.280 e. The molecule has 3 rings (SSSR count). The van der Waals surface area contributed by atoms with Gasteiger partial charge in [-0.3, -0.25) is 9.78 Å². The molecule has 0 aliphatic heterocycles. The number of halogens is 2. The first-order valence-electron chi connectivity index (χ1n) is 8.20. The highest BCUT2D eigenvalue weighted by molar-refractivity contribution is 6.06. The van der Waals surface area contributed by atoms with Gasteiger partial charge in [0, 0.05) is 22.2 Å². The number of hydrogen-bond acceptors (Lipinski definition) is 2. The van der Waals surface area contributed by atoms with E-state index < -0.39 is 17.5 Å². The Labute approximate surface area is 154 Å². The number of rotatable bonds is 2. The number of nitrogens with zero attached hydrogens (tertiary/aromatic N) is 2. The summed E-state index contributed by atoms with van der Waals surface area (Å²) in [4.78, 5) is 20.1. The molecule has 1 heterocycles. The zero-order chi connectivity index (χ0) is 19.9. The van der Waals surface area contributed by atoms with E-state index in [1.165, 1.54) is 24.3 Å². The Kier molecular flexibility index (Phi) is 4.61. The molecule has 0 unspecified atom stereocenters. The van der Waals surface area contributed by atoms with E-state index in [4.69, 9.17) is 11.5 Å². The number of fused-ring (bicyclic) bond motifs is 1. The normalized spacial score (nSPS) is 10.9. The number of carbonyl (C=O) groups excluding carboxylic acids is 1. The van der Waals surface area contributed by atoms with Gasteiger partial charge in [0.1, 0.15) is 11.6 Å². The van der Waals surface area contributed by atoms with Crippen molar-refractivity contribution in [3.8, 4) is 11.1 Å². The average Bonchev–Trinajstić information content (AvgIpc) is 2.56. The van der Waals surface area contributed by atoms with Crippen LogP contribution in [-0.2, 0) is 0 Å². The predicted molar refractivity (Wildman–Crippen MR) is 101 cm³/mol. The van der Waals surface area contributed by atoms with Gasteiger partial charge < -0.3 is 11.5 Å². The van der Waals surface area contributed by atoms with Crippen LogP contribution in [0.15, 0.2) is 35.3 Å². The Morgan fingerprint density at radius 3 is 2.22 bits per heavy atom. The lowest BCUT2D eigenvalue weighted by atomic mass is 9.93. The third-order valence-corrected chi connectivity index (χ3v) is 4.39. The monoisotopic (exact) mass is 368 g/mol. The zero-order valence-corrected chi connectivity index (χ0v) is 15.1. The summed E-state index contributed by atoms with van der Waals surface area (Å²) in [6, 6.07) is 7.16. The van der Waals surface area contributed by atoms with E-state index in [2.05, 4.69) is 9.98 Å². The molecule has 0 fully saturated rings. The number of carbonyl (C=O) groups is 1. The lowest BCUT2D eigenvalue weighted by Gasteiger charge is -2.15. The number of pyridine rings is 1. The fourth-order valence-corrected chi connectivity index (χ4v) is 3.06. The summed E-state index contributed by atoms with van der Waals surface area (Å²) in [5.74, 6) is -2.37. The van der Waals surface area contributed by atoms with Crippen molar-refractivity contribution in [2.24, 2.45) is 16.5 Å². The van der Waals surface area contributed by atoms with E-state index in [0.717, 1.165) is 0 Å². The molecule has 4 N–H and O–H groups in total. The van der Waals surface area contributed by atoms with E-state index in [1.807, 2.05) is 0 Å². The topological polar surface area (TPSA) is 94.4 Å². The SMILES string of the molecule is Cc1cc(F)c(-c2c(C)c(C)nc3ccc(C(=O)N=C(N)N)cc23)c(F)c1. The highest BCUT2D eigenvalue weighted by atomic mass is 19.1. The van der Waals surface area contributed by atoms with Gasteiger partial charge in [0.15, 0.2) is 5.96 Å². The standard InChI is InChI=1S/C20H18F2N4O/c1-9-6-14(21)18(15(22)7-9)17-10(2)11(3)25-16-5-4-12(8-13(16)17)19(27)26-20(23)24/h4-8H,1-3H3,(H4,23,24,26,27). The van der Waals surface area contributed by atoms with Gasteiger partial charge in [0.25, 0.3) is 5.91 Å². The van der Waals surface area contributed by atoms with Crippen molar-refractivity contribution in [2.75, 3.05) is 0 Å². The lowest BCUT2D eigenvalue weighted by molar-refractivity contribution is 0.100. The van der Waals surface area contributed by atoms with Gasteiger partial charge >= 0.3 is 0 Å². The first kappa shape index (κ1) is 18.4. The molecule has 0 saturated carbocycles. The molecule has 0 spiro atoms. The lowest BCUT2D eigenvalue weighted by Crippen LogP contribution is -2.24. The van der Waals surface area contributed by atoms with Crippen molar-refractivity contribution in [3.05, 3.63) is 64.4 Å². The summed E-state index contributed by atoms with van der Waals surface area (Å²) in [5.41, 5.74) is 13.2. The minimum atomic E-state index is -0.677. The summed E-state index contributed by atoms with van der Waals surface area (Å²) in [6.07, 6.45) is 0. The van der Waals surface area contributed by atoms with Gasteiger partial charge in [-0.05, 0) is 62.2 Å². The molecule has 7 heteroatoms. The highest BCUT2D eigenvalue weighted by Gasteiger charge is 2.20. The van der Waals surface area contributed by atoms with E-state index in [9.17, 15) is 13.6 Å². The minimum absolute atomic E-state index is 0.153. The van der Waals surface area contributed by atoms with Crippen LogP contribution in [0.25, 0.3) is 22.0 Å². The number of amides is 1. The molecule has 0 atom stereocenters. The van der Waals surface area contributed by atoms with Crippen LogP contribution in [0.5, 0.6) is 0 Å². The van der Waals surface area contributed by atoms with Crippen molar-refractivity contribution >= 4 is 22.8 Å². The van der Waals surface area contributed by atoms with Gasteiger partial charge in [0.2, 0.25) is 0 Å². The van der Waals surface area contributed by atoms with Crippen molar-refractivity contribution in [3.63, 3.8) is 0 Å². The van der Waals surface area contributed by atoms with Crippen molar-refractivity contribution in [1.29, 1.82) is 0 Å². The van der Waals surface area contributed by atoms with Crippen LogP contribution in [0, 0.1) is 32.4 Å². The number of guanidine groups is 1. The predicted octanol–water partition coefficient (Wildman–Crippen LogP) is 3.52. The van der Waals surface area contributed by atoms with Crippen molar-refractivity contribution in [2.45, 2.75) is 20.8 Å². The molecule has 1 amide bonds. The summed E-state index contributed by atoms with van der Waals surface area (Å²) in [6.45, 7) is 5.12. The minimum Gasteiger partial charge on any atom is -0.370 e. The fraction of sp³-hybridized carbons (Fsp3) is 0.150. The first-order valence-corrected chi connectivity index (χ1v) is 8.20. The number of aliphatic imine (C=N–C) groups is 1. The van der Waals surface area contributed by atoms with Crippen LogP contribution in [0.1, 0.15) is 27.2 Å². The summed E-state index contributed by atoms with van der Waals surface area (Å²) in [7, 11) is 0. The zero-order valence-electron chi connectivity index (χ0n) is 15.1. The summed E-state index contributed by atoms with van der Waals surface area (Å²) >= 11 is 0. The summed E-state index contributed by atoms with van der Waals surface area (Å²) < 4.78 is 29.4. The van der Waals surface area contributed by atoms with E-state index >= 15 is 0 Å². The van der Waals surface area contributed by atoms with Gasteiger partial charge in [-0.2, -0.15) is 4.99 Å². The number of nitrogens with two attached hydrogens (primary N) is 2. The van der Waals surface area contributed by atoms with Crippen LogP contribution in [0.4, 0.5) is 8.78 Å². The van der Waals surface area contributed by atoms with Crippen LogP contribution < -0.4 is 11.5 Å². The van der Waals surface area contributed by atoms with Gasteiger partial charge in [-0.1, -0.05) is 0 Å². The van der Waals surface area contributed by atoms with Crippen LogP contribution in [-0.4, -0.2) is 16.9 Å². The highest BCUT2D eigenvalue weighted by Crippen LogP contribution is 2.36. The van der Waals surface area contributed by atoms with Crippen LogP contribution >= 0.6 is 0 Å². The molecule has 0 aliphatic rings. The first-order chi connectivity index (χ1) is 12.7. The molecule has 0 aliphatic carbocycles. The van der Waals surface area contributed by atoms with E-state index in [-0.39, 0.29) is 17.1 Å². The molecule has 27 heavy (non-hydrogen) atoms. The number of benzene rings is 2.